The first-order valence-corrected chi connectivity index (χ1v) is 10.0. The van der Waals surface area contributed by atoms with Crippen LogP contribution in [0.5, 0.6) is 0 Å². The molecule has 1 aliphatic heterocycles. The standard InChI is InChI=1S/C19H21FN2O3S/c1-14-4-2-3-13-22(14)19(23)15-5-11-18(12-6-15)26(24,25)21-17-9-7-16(20)8-10-17/h5-12,14,21H,2-4,13H2,1H3. The van der Waals surface area contributed by atoms with Gasteiger partial charge in [0.1, 0.15) is 5.82 Å². The molecule has 7 heteroatoms. The molecule has 1 N–H and O–H groups in total. The summed E-state index contributed by atoms with van der Waals surface area (Å²) in [6, 6.07) is 11.1. The zero-order valence-corrected chi connectivity index (χ0v) is 15.3. The van der Waals surface area contributed by atoms with E-state index in [0.29, 0.717) is 5.56 Å². The van der Waals surface area contributed by atoms with Gasteiger partial charge < -0.3 is 4.90 Å². The largest absolute Gasteiger partial charge is 0.336 e. The van der Waals surface area contributed by atoms with Gasteiger partial charge in [0, 0.05) is 23.8 Å². The predicted molar refractivity (Wildman–Crippen MR) is 98.0 cm³/mol. The molecule has 0 radical (unpaired) electrons. The van der Waals surface area contributed by atoms with Crippen LogP contribution < -0.4 is 4.72 Å². The van der Waals surface area contributed by atoms with E-state index in [1.807, 2.05) is 11.8 Å². The topological polar surface area (TPSA) is 66.5 Å². The lowest BCUT2D eigenvalue weighted by molar-refractivity contribution is 0.0635. The summed E-state index contributed by atoms with van der Waals surface area (Å²) >= 11 is 0. The van der Waals surface area contributed by atoms with Crippen LogP contribution in [0.25, 0.3) is 0 Å². The molecule has 26 heavy (non-hydrogen) atoms. The third kappa shape index (κ3) is 4.04. The van der Waals surface area contributed by atoms with E-state index in [2.05, 4.69) is 4.72 Å². The zero-order chi connectivity index (χ0) is 18.7. The van der Waals surface area contributed by atoms with Crippen LogP contribution >= 0.6 is 0 Å². The van der Waals surface area contributed by atoms with Crippen molar-refractivity contribution in [2.24, 2.45) is 0 Å². The maximum atomic E-state index is 12.9. The van der Waals surface area contributed by atoms with E-state index in [0.717, 1.165) is 25.8 Å². The minimum absolute atomic E-state index is 0.0464. The average Bonchev–Trinajstić information content (AvgIpc) is 2.63. The van der Waals surface area contributed by atoms with Crippen LogP contribution in [0.2, 0.25) is 0 Å². The van der Waals surface area contributed by atoms with Crippen LogP contribution in [0, 0.1) is 5.82 Å². The molecule has 1 atom stereocenters. The second-order valence-corrected chi connectivity index (χ2v) is 8.16. The molecular formula is C19H21FN2O3S. The Labute approximate surface area is 152 Å². The van der Waals surface area contributed by atoms with Crippen LogP contribution in [0.3, 0.4) is 0 Å². The molecule has 0 aliphatic carbocycles. The Balaban J connectivity index is 1.75. The highest BCUT2D eigenvalue weighted by atomic mass is 32.2. The number of halogens is 1. The quantitative estimate of drug-likeness (QED) is 0.886. The van der Waals surface area contributed by atoms with E-state index in [1.54, 1.807) is 0 Å². The van der Waals surface area contributed by atoms with Crippen LogP contribution in [0.1, 0.15) is 36.5 Å². The lowest BCUT2D eigenvalue weighted by atomic mass is 10.0. The van der Waals surface area contributed by atoms with Gasteiger partial charge in [-0.1, -0.05) is 0 Å². The van der Waals surface area contributed by atoms with Gasteiger partial charge in [-0.05, 0) is 74.7 Å². The Kier molecular flexibility index (Phi) is 5.27. The Morgan fingerprint density at radius 2 is 1.73 bits per heavy atom. The Morgan fingerprint density at radius 1 is 1.08 bits per heavy atom. The first-order valence-electron chi connectivity index (χ1n) is 8.56. The van der Waals surface area contributed by atoms with E-state index < -0.39 is 15.8 Å². The zero-order valence-electron chi connectivity index (χ0n) is 14.5. The minimum Gasteiger partial charge on any atom is -0.336 e. The maximum Gasteiger partial charge on any atom is 0.261 e. The minimum atomic E-state index is -3.80. The van der Waals surface area contributed by atoms with Crippen molar-refractivity contribution in [3.8, 4) is 0 Å². The number of hydrogen-bond acceptors (Lipinski definition) is 3. The highest BCUT2D eigenvalue weighted by molar-refractivity contribution is 7.92. The Morgan fingerprint density at radius 3 is 2.35 bits per heavy atom. The van der Waals surface area contributed by atoms with Crippen molar-refractivity contribution in [1.29, 1.82) is 0 Å². The molecule has 0 saturated carbocycles. The van der Waals surface area contributed by atoms with Crippen LogP contribution in [0.4, 0.5) is 10.1 Å². The molecular weight excluding hydrogens is 355 g/mol. The molecule has 1 saturated heterocycles. The van der Waals surface area contributed by atoms with E-state index >= 15 is 0 Å². The molecule has 1 fully saturated rings. The van der Waals surface area contributed by atoms with Gasteiger partial charge in [0.25, 0.3) is 15.9 Å². The monoisotopic (exact) mass is 376 g/mol. The third-order valence-electron chi connectivity index (χ3n) is 4.57. The van der Waals surface area contributed by atoms with Crippen molar-refractivity contribution < 1.29 is 17.6 Å². The van der Waals surface area contributed by atoms with Crippen LogP contribution in [0.15, 0.2) is 53.4 Å². The van der Waals surface area contributed by atoms with E-state index in [1.165, 1.54) is 48.5 Å². The number of amides is 1. The van der Waals surface area contributed by atoms with E-state index in [9.17, 15) is 17.6 Å². The fourth-order valence-electron chi connectivity index (χ4n) is 3.07. The third-order valence-corrected chi connectivity index (χ3v) is 5.97. The van der Waals surface area contributed by atoms with Gasteiger partial charge in [-0.3, -0.25) is 9.52 Å². The molecule has 2 aromatic carbocycles. The normalized spacial score (nSPS) is 17.8. The van der Waals surface area contributed by atoms with Gasteiger partial charge in [-0.15, -0.1) is 0 Å². The van der Waals surface area contributed by atoms with Crippen LogP contribution in [-0.2, 0) is 10.0 Å². The highest BCUT2D eigenvalue weighted by Gasteiger charge is 2.24. The number of hydrogen-bond donors (Lipinski definition) is 1. The number of anilines is 1. The molecule has 1 amide bonds. The van der Waals surface area contributed by atoms with Crippen LogP contribution in [-0.4, -0.2) is 31.8 Å². The number of carbonyl (C=O) groups excluding carboxylic acids is 1. The number of nitrogens with one attached hydrogen (secondary N) is 1. The summed E-state index contributed by atoms with van der Waals surface area (Å²) in [6.45, 7) is 2.76. The molecule has 1 aliphatic rings. The molecule has 1 unspecified atom stereocenters. The summed E-state index contributed by atoms with van der Waals surface area (Å²) in [5.41, 5.74) is 0.744. The number of benzene rings is 2. The first-order chi connectivity index (χ1) is 12.4. The van der Waals surface area contributed by atoms with Gasteiger partial charge >= 0.3 is 0 Å². The van der Waals surface area contributed by atoms with Crippen molar-refractivity contribution in [3.63, 3.8) is 0 Å². The predicted octanol–water partition coefficient (Wildman–Crippen LogP) is 3.64. The molecule has 1 heterocycles. The van der Waals surface area contributed by atoms with Crippen molar-refractivity contribution in [2.75, 3.05) is 11.3 Å². The second-order valence-electron chi connectivity index (χ2n) is 6.48. The number of sulfonamides is 1. The van der Waals surface area contributed by atoms with Gasteiger partial charge in [-0.2, -0.15) is 0 Å². The van der Waals surface area contributed by atoms with Crippen molar-refractivity contribution in [3.05, 3.63) is 59.9 Å². The fraction of sp³-hybridized carbons (Fsp3) is 0.316. The molecule has 0 aromatic heterocycles. The van der Waals surface area contributed by atoms with E-state index in [-0.39, 0.29) is 22.5 Å². The summed E-state index contributed by atoms with van der Waals surface area (Å²) < 4.78 is 40.2. The lowest BCUT2D eigenvalue weighted by Crippen LogP contribution is -2.42. The number of rotatable bonds is 4. The van der Waals surface area contributed by atoms with Gasteiger partial charge in [0.2, 0.25) is 0 Å². The summed E-state index contributed by atoms with van der Waals surface area (Å²) in [5, 5.41) is 0. The maximum absolute atomic E-state index is 12.9. The molecule has 138 valence electrons. The van der Waals surface area contributed by atoms with Gasteiger partial charge in [-0.25, -0.2) is 12.8 Å². The summed E-state index contributed by atoms with van der Waals surface area (Å²) in [6.07, 6.45) is 3.10. The highest BCUT2D eigenvalue weighted by Crippen LogP contribution is 2.21. The molecule has 0 spiro atoms. The number of carbonyl (C=O) groups is 1. The Hall–Kier alpha value is -2.41. The van der Waals surface area contributed by atoms with Crippen molar-refractivity contribution >= 4 is 21.6 Å². The number of nitrogens with zero attached hydrogens (tertiary/aromatic N) is 1. The number of likely N-dealkylation sites (tertiary alicyclic amines) is 1. The summed E-state index contributed by atoms with van der Waals surface area (Å²) in [5.74, 6) is -0.518. The average molecular weight is 376 g/mol. The summed E-state index contributed by atoms with van der Waals surface area (Å²) in [7, 11) is -3.80. The van der Waals surface area contributed by atoms with Gasteiger partial charge in [0.05, 0.1) is 4.90 Å². The smallest absolute Gasteiger partial charge is 0.261 e. The van der Waals surface area contributed by atoms with Crippen molar-refractivity contribution in [2.45, 2.75) is 37.1 Å². The van der Waals surface area contributed by atoms with E-state index in [4.69, 9.17) is 0 Å². The molecule has 5 nitrogen and oxygen atoms in total. The summed E-state index contributed by atoms with van der Waals surface area (Å²) in [4.78, 5) is 14.5. The molecule has 0 bridgehead atoms. The molecule has 2 aromatic rings. The lowest BCUT2D eigenvalue weighted by Gasteiger charge is -2.33. The van der Waals surface area contributed by atoms with Gasteiger partial charge in [0.15, 0.2) is 0 Å². The number of piperidine rings is 1. The van der Waals surface area contributed by atoms with Crippen molar-refractivity contribution in [1.82, 2.24) is 4.90 Å². The SMILES string of the molecule is CC1CCCCN1C(=O)c1ccc(S(=O)(=O)Nc2ccc(F)cc2)cc1. The molecule has 3 rings (SSSR count). The second kappa shape index (κ2) is 7.45. The first kappa shape index (κ1) is 18.4. The Bertz CT molecular complexity index is 880. The fourth-order valence-corrected chi connectivity index (χ4v) is 4.13.